The lowest BCUT2D eigenvalue weighted by Gasteiger charge is -2.31. The Morgan fingerprint density at radius 1 is 1.30 bits per heavy atom. The molecule has 110 valence electrons. The molecule has 20 heavy (non-hydrogen) atoms. The molecule has 4 nitrogen and oxygen atoms in total. The zero-order valence-electron chi connectivity index (χ0n) is 12.0. The summed E-state index contributed by atoms with van der Waals surface area (Å²) in [5.74, 6) is 0.792. The Labute approximate surface area is 120 Å². The molecule has 2 unspecified atom stereocenters. The number of ether oxygens (including phenoxy) is 2. The van der Waals surface area contributed by atoms with Gasteiger partial charge in [-0.15, -0.1) is 0 Å². The Kier molecular flexibility index (Phi) is 3.96. The molecule has 2 aliphatic heterocycles. The molecule has 1 aromatic rings. The first-order valence-corrected chi connectivity index (χ1v) is 7.43. The van der Waals surface area contributed by atoms with Gasteiger partial charge in [0.15, 0.2) is 0 Å². The highest BCUT2D eigenvalue weighted by Crippen LogP contribution is 2.45. The first-order chi connectivity index (χ1) is 9.75. The largest absolute Gasteiger partial charge is 0.491 e. The average molecular weight is 277 g/mol. The SMILES string of the molecule is COCCOc1ccccc1C1(O)CCN2CCCC21. The van der Waals surface area contributed by atoms with Crippen molar-refractivity contribution in [1.29, 1.82) is 0 Å². The molecular weight excluding hydrogens is 254 g/mol. The van der Waals surface area contributed by atoms with Crippen LogP contribution in [0.4, 0.5) is 0 Å². The summed E-state index contributed by atoms with van der Waals surface area (Å²) in [7, 11) is 1.66. The van der Waals surface area contributed by atoms with Gasteiger partial charge in [-0.3, -0.25) is 4.90 Å². The number of fused-ring (bicyclic) bond motifs is 1. The van der Waals surface area contributed by atoms with Crippen LogP contribution in [-0.2, 0) is 10.3 Å². The van der Waals surface area contributed by atoms with Gasteiger partial charge in [0.2, 0.25) is 0 Å². The molecule has 1 aromatic carbocycles. The molecule has 4 heteroatoms. The molecule has 2 heterocycles. The predicted molar refractivity (Wildman–Crippen MR) is 76.9 cm³/mol. The van der Waals surface area contributed by atoms with Crippen LogP contribution < -0.4 is 4.74 Å². The lowest BCUT2D eigenvalue weighted by molar-refractivity contribution is 0.00635. The first-order valence-electron chi connectivity index (χ1n) is 7.43. The molecule has 2 atom stereocenters. The smallest absolute Gasteiger partial charge is 0.125 e. The summed E-state index contributed by atoms with van der Waals surface area (Å²) in [4.78, 5) is 2.41. The predicted octanol–water partition coefficient (Wildman–Crippen LogP) is 1.77. The fourth-order valence-electron chi connectivity index (χ4n) is 3.61. The summed E-state index contributed by atoms with van der Waals surface area (Å²) in [6.45, 7) is 3.16. The van der Waals surface area contributed by atoms with Crippen molar-refractivity contribution in [3.63, 3.8) is 0 Å². The van der Waals surface area contributed by atoms with Gasteiger partial charge in [-0.2, -0.15) is 0 Å². The molecule has 2 fully saturated rings. The number of aliphatic hydroxyl groups is 1. The van der Waals surface area contributed by atoms with Crippen LogP contribution in [0.15, 0.2) is 24.3 Å². The minimum Gasteiger partial charge on any atom is -0.491 e. The minimum absolute atomic E-state index is 0.245. The van der Waals surface area contributed by atoms with Crippen molar-refractivity contribution in [3.8, 4) is 5.75 Å². The molecule has 1 N–H and O–H groups in total. The van der Waals surface area contributed by atoms with Crippen LogP contribution in [0.2, 0.25) is 0 Å². The van der Waals surface area contributed by atoms with Crippen LogP contribution >= 0.6 is 0 Å². The lowest BCUT2D eigenvalue weighted by atomic mass is 9.85. The van der Waals surface area contributed by atoms with E-state index in [0.717, 1.165) is 37.2 Å². The van der Waals surface area contributed by atoms with Crippen LogP contribution in [0.1, 0.15) is 24.8 Å². The van der Waals surface area contributed by atoms with E-state index in [1.54, 1.807) is 7.11 Å². The molecule has 0 saturated carbocycles. The second-order valence-electron chi connectivity index (χ2n) is 5.71. The zero-order valence-corrected chi connectivity index (χ0v) is 12.0. The molecule has 0 radical (unpaired) electrons. The van der Waals surface area contributed by atoms with Crippen molar-refractivity contribution in [1.82, 2.24) is 4.90 Å². The summed E-state index contributed by atoms with van der Waals surface area (Å²) in [6.07, 6.45) is 3.05. The van der Waals surface area contributed by atoms with E-state index < -0.39 is 5.60 Å². The molecule has 3 rings (SSSR count). The Bertz CT molecular complexity index is 465. The van der Waals surface area contributed by atoms with E-state index in [2.05, 4.69) is 4.90 Å². The highest BCUT2D eigenvalue weighted by molar-refractivity contribution is 5.40. The van der Waals surface area contributed by atoms with Gasteiger partial charge in [0.25, 0.3) is 0 Å². The van der Waals surface area contributed by atoms with Gasteiger partial charge in [-0.25, -0.2) is 0 Å². The molecule has 0 bridgehead atoms. The number of para-hydroxylation sites is 1. The van der Waals surface area contributed by atoms with Crippen LogP contribution in [0.3, 0.4) is 0 Å². The third-order valence-corrected chi connectivity index (χ3v) is 4.59. The maximum atomic E-state index is 11.2. The third-order valence-electron chi connectivity index (χ3n) is 4.59. The van der Waals surface area contributed by atoms with Crippen LogP contribution in [0.5, 0.6) is 5.75 Å². The van der Waals surface area contributed by atoms with E-state index in [1.165, 1.54) is 6.42 Å². The Balaban J connectivity index is 1.85. The molecule has 0 aliphatic carbocycles. The van der Waals surface area contributed by atoms with Gasteiger partial charge in [-0.05, 0) is 31.9 Å². The van der Waals surface area contributed by atoms with Crippen LogP contribution in [0, 0.1) is 0 Å². The molecule has 0 amide bonds. The Hall–Kier alpha value is -1.10. The molecule has 2 saturated heterocycles. The number of methoxy groups -OCH3 is 1. The fraction of sp³-hybridized carbons (Fsp3) is 0.625. The Morgan fingerprint density at radius 2 is 2.15 bits per heavy atom. The normalized spacial score (nSPS) is 29.6. The summed E-state index contributed by atoms with van der Waals surface area (Å²) in [5.41, 5.74) is 0.172. The second-order valence-corrected chi connectivity index (χ2v) is 5.71. The van der Waals surface area contributed by atoms with Crippen molar-refractivity contribution in [2.75, 3.05) is 33.4 Å². The average Bonchev–Trinajstić information content (AvgIpc) is 3.05. The van der Waals surface area contributed by atoms with Crippen molar-refractivity contribution in [3.05, 3.63) is 29.8 Å². The van der Waals surface area contributed by atoms with Crippen molar-refractivity contribution < 1.29 is 14.6 Å². The van der Waals surface area contributed by atoms with E-state index in [4.69, 9.17) is 9.47 Å². The highest BCUT2D eigenvalue weighted by atomic mass is 16.5. The van der Waals surface area contributed by atoms with Gasteiger partial charge < -0.3 is 14.6 Å². The van der Waals surface area contributed by atoms with Crippen LogP contribution in [-0.4, -0.2) is 49.5 Å². The Morgan fingerprint density at radius 3 is 3.00 bits per heavy atom. The molecule has 0 aromatic heterocycles. The van der Waals surface area contributed by atoms with Gasteiger partial charge in [0.1, 0.15) is 18.0 Å². The molecule has 2 aliphatic rings. The third kappa shape index (κ3) is 2.32. The van der Waals surface area contributed by atoms with Crippen molar-refractivity contribution in [2.24, 2.45) is 0 Å². The second kappa shape index (κ2) is 5.72. The lowest BCUT2D eigenvalue weighted by Crippen LogP contribution is -2.39. The summed E-state index contributed by atoms with van der Waals surface area (Å²) in [6, 6.07) is 8.13. The van der Waals surface area contributed by atoms with Crippen molar-refractivity contribution in [2.45, 2.75) is 30.9 Å². The van der Waals surface area contributed by atoms with Crippen molar-refractivity contribution >= 4 is 0 Å². The standard InChI is InChI=1S/C16H23NO3/c1-19-11-12-20-14-6-3-2-5-13(14)16(18)8-10-17-9-4-7-15(16)17/h2-3,5-6,15,18H,4,7-12H2,1H3. The minimum atomic E-state index is -0.764. The van der Waals surface area contributed by atoms with Gasteiger partial charge >= 0.3 is 0 Å². The summed E-state index contributed by atoms with van der Waals surface area (Å²) in [5, 5.41) is 11.2. The van der Waals surface area contributed by atoms with E-state index in [0.29, 0.717) is 13.2 Å². The zero-order chi connectivity index (χ0) is 14.0. The number of hydrogen-bond donors (Lipinski definition) is 1. The maximum Gasteiger partial charge on any atom is 0.125 e. The summed E-state index contributed by atoms with van der Waals surface area (Å²) >= 11 is 0. The number of hydrogen-bond acceptors (Lipinski definition) is 4. The number of rotatable bonds is 5. The highest BCUT2D eigenvalue weighted by Gasteiger charge is 2.50. The summed E-state index contributed by atoms with van der Waals surface area (Å²) < 4.78 is 10.8. The van der Waals surface area contributed by atoms with Gasteiger partial charge in [-0.1, -0.05) is 18.2 Å². The van der Waals surface area contributed by atoms with E-state index in [9.17, 15) is 5.11 Å². The van der Waals surface area contributed by atoms with Gasteiger partial charge in [0, 0.05) is 25.3 Å². The van der Waals surface area contributed by atoms with Gasteiger partial charge in [0.05, 0.1) is 6.61 Å². The molecule has 0 spiro atoms. The topological polar surface area (TPSA) is 41.9 Å². The van der Waals surface area contributed by atoms with Crippen LogP contribution in [0.25, 0.3) is 0 Å². The maximum absolute atomic E-state index is 11.2. The number of nitrogens with zero attached hydrogens (tertiary/aromatic N) is 1. The first kappa shape index (κ1) is 13.9. The monoisotopic (exact) mass is 277 g/mol. The fourth-order valence-corrected chi connectivity index (χ4v) is 3.61. The number of benzene rings is 1. The molecular formula is C16H23NO3. The van der Waals surface area contributed by atoms with E-state index >= 15 is 0 Å². The quantitative estimate of drug-likeness (QED) is 0.833. The van der Waals surface area contributed by atoms with E-state index in [1.807, 2.05) is 24.3 Å². The van der Waals surface area contributed by atoms with E-state index in [-0.39, 0.29) is 6.04 Å².